The van der Waals surface area contributed by atoms with Gasteiger partial charge in [0.25, 0.3) is 0 Å². The number of aromatic nitrogens is 2. The second kappa shape index (κ2) is 4.83. The maximum absolute atomic E-state index is 4.33. The predicted octanol–water partition coefficient (Wildman–Crippen LogP) is 2.27. The minimum absolute atomic E-state index is 0.531. The fourth-order valence-electron chi connectivity index (χ4n) is 2.33. The average molecular weight is 219 g/mol. The van der Waals surface area contributed by atoms with Crippen LogP contribution in [-0.2, 0) is 7.05 Å². The molecule has 1 aromatic heterocycles. The molecular weight excluding hydrogens is 198 g/mol. The van der Waals surface area contributed by atoms with E-state index in [1.165, 1.54) is 24.8 Å². The van der Waals surface area contributed by atoms with Crippen molar-refractivity contribution in [2.24, 2.45) is 7.05 Å². The van der Waals surface area contributed by atoms with Crippen molar-refractivity contribution in [3.8, 4) is 0 Å². The highest BCUT2D eigenvalue weighted by atomic mass is 15.2. The Morgan fingerprint density at radius 2 is 2.31 bits per heavy atom. The molecule has 3 heteroatoms. The zero-order valence-electron chi connectivity index (χ0n) is 10.4. The van der Waals surface area contributed by atoms with Crippen molar-refractivity contribution in [3.63, 3.8) is 0 Å². The maximum atomic E-state index is 4.33. The van der Waals surface area contributed by atoms with Crippen molar-refractivity contribution in [1.82, 2.24) is 15.1 Å². The van der Waals surface area contributed by atoms with Gasteiger partial charge in [0.2, 0.25) is 0 Å². The molecule has 0 spiro atoms. The Hall–Kier alpha value is -1.09. The molecule has 2 unspecified atom stereocenters. The monoisotopic (exact) mass is 219 g/mol. The van der Waals surface area contributed by atoms with E-state index in [4.69, 9.17) is 0 Å². The smallest absolute Gasteiger partial charge is 0.0665 e. The summed E-state index contributed by atoms with van der Waals surface area (Å²) >= 11 is 0. The first-order chi connectivity index (χ1) is 7.65. The fraction of sp³-hybridized carbons (Fsp3) is 0.615. The molecule has 0 aliphatic carbocycles. The molecule has 2 heterocycles. The van der Waals surface area contributed by atoms with Gasteiger partial charge in [0.1, 0.15) is 0 Å². The lowest BCUT2D eigenvalue weighted by Gasteiger charge is -2.26. The molecule has 3 nitrogen and oxygen atoms in total. The van der Waals surface area contributed by atoms with Crippen LogP contribution in [0.15, 0.2) is 12.3 Å². The Morgan fingerprint density at radius 1 is 1.50 bits per heavy atom. The Balaban J connectivity index is 2.00. The van der Waals surface area contributed by atoms with Crippen LogP contribution in [0.3, 0.4) is 0 Å². The van der Waals surface area contributed by atoms with E-state index in [1.807, 2.05) is 11.7 Å². The molecule has 1 aliphatic rings. The summed E-state index contributed by atoms with van der Waals surface area (Å²) in [7, 11) is 1.96. The van der Waals surface area contributed by atoms with Gasteiger partial charge in [-0.15, -0.1) is 0 Å². The standard InChI is InChI=1S/C13H21N3/c1-10-5-4-6-13(14-10)8-7-12-9-16(3)15-11(12)2/h7-10,13-14H,4-6H2,1-3H3/b8-7+. The number of nitrogens with one attached hydrogen (secondary N) is 1. The molecule has 2 rings (SSSR count). The van der Waals surface area contributed by atoms with E-state index in [1.54, 1.807) is 0 Å². The third-order valence-corrected chi connectivity index (χ3v) is 3.21. The van der Waals surface area contributed by atoms with Crippen LogP contribution < -0.4 is 5.32 Å². The van der Waals surface area contributed by atoms with Crippen molar-refractivity contribution < 1.29 is 0 Å². The van der Waals surface area contributed by atoms with Crippen LogP contribution in [0.25, 0.3) is 6.08 Å². The first-order valence-electron chi connectivity index (χ1n) is 6.09. The van der Waals surface area contributed by atoms with E-state index < -0.39 is 0 Å². The van der Waals surface area contributed by atoms with E-state index >= 15 is 0 Å². The number of hydrogen-bond acceptors (Lipinski definition) is 2. The van der Waals surface area contributed by atoms with Crippen molar-refractivity contribution in [3.05, 3.63) is 23.5 Å². The van der Waals surface area contributed by atoms with Gasteiger partial charge in [0.05, 0.1) is 5.69 Å². The van der Waals surface area contributed by atoms with E-state index in [-0.39, 0.29) is 0 Å². The van der Waals surface area contributed by atoms with Crippen LogP contribution in [0.2, 0.25) is 0 Å². The Bertz CT molecular complexity index is 379. The average Bonchev–Trinajstić information content (AvgIpc) is 2.54. The van der Waals surface area contributed by atoms with Crippen molar-refractivity contribution in [1.29, 1.82) is 0 Å². The van der Waals surface area contributed by atoms with Gasteiger partial charge < -0.3 is 5.32 Å². The topological polar surface area (TPSA) is 29.9 Å². The largest absolute Gasteiger partial charge is 0.308 e. The molecule has 1 fully saturated rings. The zero-order valence-corrected chi connectivity index (χ0v) is 10.4. The molecule has 0 radical (unpaired) electrons. The molecule has 1 N–H and O–H groups in total. The fourth-order valence-corrected chi connectivity index (χ4v) is 2.33. The van der Waals surface area contributed by atoms with Crippen LogP contribution in [0.4, 0.5) is 0 Å². The first kappa shape index (κ1) is 11.4. The van der Waals surface area contributed by atoms with Crippen LogP contribution >= 0.6 is 0 Å². The van der Waals surface area contributed by atoms with E-state index in [0.29, 0.717) is 12.1 Å². The van der Waals surface area contributed by atoms with Crippen molar-refractivity contribution >= 4 is 6.08 Å². The molecule has 2 atom stereocenters. The first-order valence-corrected chi connectivity index (χ1v) is 6.09. The summed E-state index contributed by atoms with van der Waals surface area (Å²) in [5, 5.41) is 7.93. The quantitative estimate of drug-likeness (QED) is 0.827. The summed E-state index contributed by atoms with van der Waals surface area (Å²) in [5.41, 5.74) is 2.32. The van der Waals surface area contributed by atoms with Gasteiger partial charge in [-0.1, -0.05) is 18.6 Å². The lowest BCUT2D eigenvalue weighted by Crippen LogP contribution is -2.39. The Kier molecular flexibility index (Phi) is 3.44. The number of aryl methyl sites for hydroxylation is 2. The van der Waals surface area contributed by atoms with Gasteiger partial charge in [-0.3, -0.25) is 4.68 Å². The number of nitrogens with zero attached hydrogens (tertiary/aromatic N) is 2. The Labute approximate surface area is 97.5 Å². The minimum atomic E-state index is 0.531. The molecule has 16 heavy (non-hydrogen) atoms. The summed E-state index contributed by atoms with van der Waals surface area (Å²) in [5.74, 6) is 0. The van der Waals surface area contributed by atoms with Crippen LogP contribution in [0.1, 0.15) is 37.4 Å². The molecule has 0 amide bonds. The van der Waals surface area contributed by atoms with Crippen LogP contribution in [0.5, 0.6) is 0 Å². The molecule has 0 bridgehead atoms. The predicted molar refractivity (Wildman–Crippen MR) is 67.2 cm³/mol. The van der Waals surface area contributed by atoms with Gasteiger partial charge in [0.15, 0.2) is 0 Å². The van der Waals surface area contributed by atoms with E-state index in [2.05, 4.69) is 42.6 Å². The third kappa shape index (κ3) is 2.73. The summed E-state index contributed by atoms with van der Waals surface area (Å²) in [6, 6.07) is 1.18. The van der Waals surface area contributed by atoms with Crippen LogP contribution in [0, 0.1) is 6.92 Å². The molecule has 88 valence electrons. The number of rotatable bonds is 2. The summed E-state index contributed by atoms with van der Waals surface area (Å²) < 4.78 is 1.87. The van der Waals surface area contributed by atoms with Gasteiger partial charge in [-0.2, -0.15) is 5.10 Å². The highest BCUT2D eigenvalue weighted by molar-refractivity contribution is 5.51. The van der Waals surface area contributed by atoms with E-state index in [9.17, 15) is 0 Å². The van der Waals surface area contributed by atoms with E-state index in [0.717, 1.165) is 5.69 Å². The summed E-state index contributed by atoms with van der Waals surface area (Å²) in [4.78, 5) is 0. The second-order valence-corrected chi connectivity index (χ2v) is 4.81. The summed E-state index contributed by atoms with van der Waals surface area (Å²) in [6.07, 6.45) is 10.4. The molecular formula is C13H21N3. The summed E-state index contributed by atoms with van der Waals surface area (Å²) in [6.45, 7) is 4.31. The SMILES string of the molecule is Cc1nn(C)cc1/C=C/C1CCCC(C)N1. The molecule has 0 aromatic carbocycles. The molecule has 1 aliphatic heterocycles. The highest BCUT2D eigenvalue weighted by Crippen LogP contribution is 2.15. The van der Waals surface area contributed by atoms with Gasteiger partial charge >= 0.3 is 0 Å². The third-order valence-electron chi connectivity index (χ3n) is 3.21. The maximum Gasteiger partial charge on any atom is 0.0665 e. The number of hydrogen-bond donors (Lipinski definition) is 1. The van der Waals surface area contributed by atoms with Gasteiger partial charge in [-0.25, -0.2) is 0 Å². The lowest BCUT2D eigenvalue weighted by molar-refractivity contribution is 0.375. The zero-order chi connectivity index (χ0) is 11.5. The van der Waals surface area contributed by atoms with Crippen molar-refractivity contribution in [2.45, 2.75) is 45.2 Å². The second-order valence-electron chi connectivity index (χ2n) is 4.81. The number of piperidine rings is 1. The highest BCUT2D eigenvalue weighted by Gasteiger charge is 2.14. The minimum Gasteiger partial charge on any atom is -0.308 e. The molecule has 0 saturated carbocycles. The van der Waals surface area contributed by atoms with Gasteiger partial charge in [0, 0.05) is 30.9 Å². The van der Waals surface area contributed by atoms with Crippen LogP contribution in [-0.4, -0.2) is 21.9 Å². The molecule has 1 aromatic rings. The van der Waals surface area contributed by atoms with Gasteiger partial charge in [-0.05, 0) is 26.7 Å². The normalized spacial score (nSPS) is 26.4. The van der Waals surface area contributed by atoms with Crippen molar-refractivity contribution in [2.75, 3.05) is 0 Å². The molecule has 1 saturated heterocycles. The lowest BCUT2D eigenvalue weighted by atomic mass is 9.99. The Morgan fingerprint density at radius 3 is 2.94 bits per heavy atom.